The quantitative estimate of drug-likeness (QED) is 0.549. The van der Waals surface area contributed by atoms with Crippen molar-refractivity contribution in [1.82, 2.24) is 4.90 Å². The Morgan fingerprint density at radius 2 is 1.87 bits per heavy atom. The molecular formula is C14H23N. The average Bonchev–Trinajstić information content (AvgIpc) is 2.58. The van der Waals surface area contributed by atoms with Crippen LogP contribution in [-0.2, 0) is 0 Å². The summed E-state index contributed by atoms with van der Waals surface area (Å²) < 4.78 is 0. The first-order chi connectivity index (χ1) is 7.16. The summed E-state index contributed by atoms with van der Waals surface area (Å²) in [5.74, 6) is 1.83. The highest BCUT2D eigenvalue weighted by Crippen LogP contribution is 2.45. The topological polar surface area (TPSA) is 3.24 Å². The van der Waals surface area contributed by atoms with E-state index < -0.39 is 0 Å². The zero-order valence-corrected chi connectivity index (χ0v) is 10.2. The minimum atomic E-state index is 0.791. The Labute approximate surface area is 93.5 Å². The van der Waals surface area contributed by atoms with E-state index in [1.165, 1.54) is 25.7 Å². The summed E-state index contributed by atoms with van der Waals surface area (Å²) in [7, 11) is 0. The number of nitrogens with zero attached hydrogens (tertiary/aromatic N) is 1. The zero-order valence-electron chi connectivity index (χ0n) is 10.2. The zero-order chi connectivity index (χ0) is 10.6. The highest BCUT2D eigenvalue weighted by Gasteiger charge is 2.46. The fourth-order valence-electron chi connectivity index (χ4n) is 4.35. The van der Waals surface area contributed by atoms with Crippen molar-refractivity contribution in [1.29, 1.82) is 0 Å². The van der Waals surface area contributed by atoms with Crippen LogP contribution in [0.4, 0.5) is 0 Å². The van der Waals surface area contributed by atoms with Crippen LogP contribution in [0.15, 0.2) is 11.6 Å². The first-order valence-corrected chi connectivity index (χ1v) is 6.61. The van der Waals surface area contributed by atoms with E-state index in [0.29, 0.717) is 0 Å². The Balaban J connectivity index is 1.95. The van der Waals surface area contributed by atoms with E-state index in [-0.39, 0.29) is 0 Å². The average molecular weight is 205 g/mol. The van der Waals surface area contributed by atoms with Gasteiger partial charge in [0.2, 0.25) is 0 Å². The molecule has 5 atom stereocenters. The fourth-order valence-corrected chi connectivity index (χ4v) is 4.35. The van der Waals surface area contributed by atoms with Gasteiger partial charge < -0.3 is 0 Å². The smallest absolute Gasteiger partial charge is 0.0287 e. The van der Waals surface area contributed by atoms with E-state index >= 15 is 0 Å². The lowest BCUT2D eigenvalue weighted by Gasteiger charge is -2.49. The predicted molar refractivity (Wildman–Crippen MR) is 63.8 cm³/mol. The molecule has 0 aromatic carbocycles. The SMILES string of the molecule is CC1=C[C@H]2CC[C@H]3[C@@H](C)C[C@H](C)[C@@H](C1)N23. The molecule has 15 heavy (non-hydrogen) atoms. The molecule has 3 aliphatic heterocycles. The van der Waals surface area contributed by atoms with Crippen LogP contribution < -0.4 is 0 Å². The van der Waals surface area contributed by atoms with Gasteiger partial charge in [-0.05, 0) is 44.4 Å². The number of hydrogen-bond acceptors (Lipinski definition) is 1. The molecule has 3 aliphatic rings. The predicted octanol–water partition coefficient (Wildman–Crippen LogP) is 3.21. The monoisotopic (exact) mass is 205 g/mol. The summed E-state index contributed by atoms with van der Waals surface area (Å²) >= 11 is 0. The summed E-state index contributed by atoms with van der Waals surface area (Å²) in [5, 5.41) is 0. The molecule has 0 N–H and O–H groups in total. The lowest BCUT2D eigenvalue weighted by Crippen LogP contribution is -2.54. The van der Waals surface area contributed by atoms with Crippen molar-refractivity contribution in [3.8, 4) is 0 Å². The largest absolute Gasteiger partial charge is 0.290 e. The highest BCUT2D eigenvalue weighted by molar-refractivity contribution is 5.18. The third-order valence-corrected chi connectivity index (χ3v) is 4.97. The van der Waals surface area contributed by atoms with Crippen molar-refractivity contribution in [2.45, 2.75) is 64.6 Å². The Morgan fingerprint density at radius 3 is 2.67 bits per heavy atom. The third kappa shape index (κ3) is 1.39. The molecule has 0 amide bonds. The van der Waals surface area contributed by atoms with Crippen molar-refractivity contribution in [2.24, 2.45) is 11.8 Å². The maximum Gasteiger partial charge on any atom is 0.0287 e. The van der Waals surface area contributed by atoms with Gasteiger partial charge >= 0.3 is 0 Å². The molecule has 0 spiro atoms. The first-order valence-electron chi connectivity index (χ1n) is 6.61. The molecule has 1 nitrogen and oxygen atoms in total. The molecule has 0 bridgehead atoms. The molecule has 2 saturated heterocycles. The molecule has 3 rings (SSSR count). The van der Waals surface area contributed by atoms with Crippen LogP contribution in [0.3, 0.4) is 0 Å². The van der Waals surface area contributed by atoms with Gasteiger partial charge in [-0.2, -0.15) is 0 Å². The second kappa shape index (κ2) is 3.35. The Bertz CT molecular complexity index is 294. The summed E-state index contributed by atoms with van der Waals surface area (Å²) in [6.07, 6.45) is 8.18. The normalized spacial score (nSPS) is 50.1. The van der Waals surface area contributed by atoms with E-state index in [1.54, 1.807) is 5.57 Å². The van der Waals surface area contributed by atoms with Crippen molar-refractivity contribution < 1.29 is 0 Å². The second-order valence-corrected chi connectivity index (χ2v) is 6.13. The van der Waals surface area contributed by atoms with Gasteiger partial charge in [0.25, 0.3) is 0 Å². The minimum absolute atomic E-state index is 0.791. The summed E-state index contributed by atoms with van der Waals surface area (Å²) in [5.41, 5.74) is 1.64. The van der Waals surface area contributed by atoms with Crippen LogP contribution in [0.5, 0.6) is 0 Å². The third-order valence-electron chi connectivity index (χ3n) is 4.97. The molecule has 0 aromatic rings. The molecular weight excluding hydrogens is 182 g/mol. The Morgan fingerprint density at radius 1 is 1.13 bits per heavy atom. The van der Waals surface area contributed by atoms with Crippen molar-refractivity contribution in [3.05, 3.63) is 11.6 Å². The standard InChI is InChI=1S/C14H23N/c1-9-6-12-4-5-13-10(2)8-11(3)14(7-9)15(12)13/h6,10-14H,4-5,7-8H2,1-3H3/t10-,11-,12+,13-,14+/m0/s1. The van der Waals surface area contributed by atoms with Crippen LogP contribution in [0, 0.1) is 11.8 Å². The Kier molecular flexibility index (Phi) is 2.21. The van der Waals surface area contributed by atoms with Crippen LogP contribution >= 0.6 is 0 Å². The van der Waals surface area contributed by atoms with E-state index in [2.05, 4.69) is 31.7 Å². The van der Waals surface area contributed by atoms with E-state index in [1.807, 2.05) is 0 Å². The molecule has 84 valence electrons. The van der Waals surface area contributed by atoms with Crippen molar-refractivity contribution in [2.75, 3.05) is 0 Å². The van der Waals surface area contributed by atoms with Gasteiger partial charge in [-0.25, -0.2) is 0 Å². The lowest BCUT2D eigenvalue weighted by molar-refractivity contribution is 0.0174. The number of piperidine rings is 1. The highest BCUT2D eigenvalue weighted by atomic mass is 15.3. The summed E-state index contributed by atoms with van der Waals surface area (Å²) in [6, 6.07) is 2.56. The molecule has 0 radical (unpaired) electrons. The van der Waals surface area contributed by atoms with Crippen LogP contribution in [0.1, 0.15) is 46.5 Å². The maximum atomic E-state index is 2.87. The van der Waals surface area contributed by atoms with Crippen LogP contribution in [-0.4, -0.2) is 23.0 Å². The summed E-state index contributed by atoms with van der Waals surface area (Å²) in [6.45, 7) is 7.26. The minimum Gasteiger partial charge on any atom is -0.290 e. The molecule has 3 heterocycles. The van der Waals surface area contributed by atoms with Crippen LogP contribution in [0.2, 0.25) is 0 Å². The van der Waals surface area contributed by atoms with Crippen LogP contribution in [0.25, 0.3) is 0 Å². The van der Waals surface area contributed by atoms with Crippen molar-refractivity contribution in [3.63, 3.8) is 0 Å². The molecule has 0 aromatic heterocycles. The van der Waals surface area contributed by atoms with Crippen molar-refractivity contribution >= 4 is 0 Å². The second-order valence-electron chi connectivity index (χ2n) is 6.13. The lowest BCUT2D eigenvalue weighted by atomic mass is 9.77. The van der Waals surface area contributed by atoms with Gasteiger partial charge in [0.15, 0.2) is 0 Å². The van der Waals surface area contributed by atoms with E-state index in [9.17, 15) is 0 Å². The first kappa shape index (κ1) is 9.89. The van der Waals surface area contributed by atoms with Gasteiger partial charge in [0.1, 0.15) is 0 Å². The van der Waals surface area contributed by atoms with Gasteiger partial charge in [0, 0.05) is 18.1 Å². The fraction of sp³-hybridized carbons (Fsp3) is 0.857. The Hall–Kier alpha value is -0.300. The number of hydrogen-bond donors (Lipinski definition) is 0. The van der Waals surface area contributed by atoms with Gasteiger partial charge in [-0.1, -0.05) is 25.5 Å². The van der Waals surface area contributed by atoms with Gasteiger partial charge in [0.05, 0.1) is 0 Å². The summed E-state index contributed by atoms with van der Waals surface area (Å²) in [4.78, 5) is 2.87. The maximum absolute atomic E-state index is 2.87. The van der Waals surface area contributed by atoms with E-state index in [0.717, 1.165) is 30.0 Å². The molecule has 0 unspecified atom stereocenters. The molecule has 0 aliphatic carbocycles. The van der Waals surface area contributed by atoms with E-state index in [4.69, 9.17) is 0 Å². The molecule has 0 saturated carbocycles. The van der Waals surface area contributed by atoms with Gasteiger partial charge in [-0.3, -0.25) is 4.90 Å². The van der Waals surface area contributed by atoms with Gasteiger partial charge in [-0.15, -0.1) is 0 Å². The molecule has 1 heteroatoms. The number of rotatable bonds is 0. The molecule has 2 fully saturated rings.